The van der Waals surface area contributed by atoms with E-state index in [9.17, 15) is 9.59 Å². The molecule has 0 heterocycles. The fraction of sp³-hybridized carbons (Fsp3) is 0.167. The van der Waals surface area contributed by atoms with Crippen LogP contribution in [0.2, 0.25) is 0 Å². The third-order valence-electron chi connectivity index (χ3n) is 1.24. The van der Waals surface area contributed by atoms with Gasteiger partial charge in [-0.3, -0.25) is 15.0 Å². The van der Waals surface area contributed by atoms with E-state index in [-0.39, 0.29) is 29.1 Å². The van der Waals surface area contributed by atoms with Crippen LogP contribution in [0.1, 0.15) is 6.42 Å². The van der Waals surface area contributed by atoms with Crippen molar-refractivity contribution in [2.24, 2.45) is 5.73 Å². The van der Waals surface area contributed by atoms with Crippen molar-refractivity contribution in [3.05, 3.63) is 11.8 Å². The van der Waals surface area contributed by atoms with Crippen LogP contribution < -0.4 is 5.73 Å². The molecule has 11 heavy (non-hydrogen) atoms. The molecule has 0 spiro atoms. The molecule has 0 saturated carbocycles. The predicted molar refractivity (Wildman–Crippen MR) is 38.2 cm³/mol. The van der Waals surface area contributed by atoms with Crippen molar-refractivity contribution in [3.8, 4) is 0 Å². The molecule has 60 valence electrons. The Morgan fingerprint density at radius 1 is 1.36 bits per heavy atom. The lowest BCUT2D eigenvalue weighted by molar-refractivity contribution is -0.122. The zero-order valence-electron chi connectivity index (χ0n) is 5.68. The van der Waals surface area contributed by atoms with Crippen molar-refractivity contribution >= 4 is 17.3 Å². The summed E-state index contributed by atoms with van der Waals surface area (Å²) in [6, 6.07) is 0. The molecular weight excluding hydrogens is 148 g/mol. The molecule has 0 aromatic carbocycles. The van der Waals surface area contributed by atoms with Crippen molar-refractivity contribution < 1.29 is 15.1 Å². The largest absolute Gasteiger partial charge is 0.412 e. The van der Waals surface area contributed by atoms with Gasteiger partial charge in [0.2, 0.25) is 0 Å². The number of carbonyl (C=O) groups is 2. The van der Waals surface area contributed by atoms with Gasteiger partial charge in [0.05, 0.1) is 17.8 Å². The van der Waals surface area contributed by atoms with E-state index >= 15 is 0 Å². The Bertz CT molecular complexity index is 255. The second-order valence-electron chi connectivity index (χ2n) is 2.04. The number of carbonyl (C=O) groups excluding carboxylic acids is 2. The Morgan fingerprint density at radius 3 is 2.36 bits per heavy atom. The Morgan fingerprint density at radius 2 is 1.91 bits per heavy atom. The number of nitrogens with two attached hydrogens (primary N) is 1. The van der Waals surface area contributed by atoms with Crippen molar-refractivity contribution in [3.63, 3.8) is 0 Å². The van der Waals surface area contributed by atoms with Gasteiger partial charge in [0.1, 0.15) is 0 Å². The maximum absolute atomic E-state index is 10.6. The molecule has 0 amide bonds. The number of hydrogen-bond donors (Lipinski definition) is 2. The Hall–Kier alpha value is -1.49. The summed E-state index contributed by atoms with van der Waals surface area (Å²) in [6.07, 6.45) is 0.843. The summed E-state index contributed by atoms with van der Waals surface area (Å²) in [6.45, 7) is 0. The van der Waals surface area contributed by atoms with Gasteiger partial charge in [-0.05, 0) is 6.08 Å². The molecule has 0 saturated heterocycles. The number of ketones is 2. The highest BCUT2D eigenvalue weighted by atomic mass is 16.1. The van der Waals surface area contributed by atoms with Gasteiger partial charge in [-0.2, -0.15) is 0 Å². The minimum Gasteiger partial charge on any atom is -0.412 e. The maximum Gasteiger partial charge on any atom is 0.188 e. The van der Waals surface area contributed by atoms with Gasteiger partial charge in [0, 0.05) is 0 Å². The zero-order valence-corrected chi connectivity index (χ0v) is 5.68. The molecule has 1 aliphatic carbocycles. The Balaban J connectivity index is 0.000001000. The smallest absolute Gasteiger partial charge is 0.188 e. The van der Waals surface area contributed by atoms with E-state index in [1.54, 1.807) is 0 Å². The van der Waals surface area contributed by atoms with Crippen molar-refractivity contribution in [1.29, 1.82) is 5.41 Å². The van der Waals surface area contributed by atoms with E-state index in [0.29, 0.717) is 0 Å². The molecule has 1 rings (SSSR count). The van der Waals surface area contributed by atoms with E-state index in [1.807, 2.05) is 0 Å². The first-order valence-electron chi connectivity index (χ1n) is 2.73. The Labute approximate surface area is 62.7 Å². The number of allylic oxidation sites excluding steroid dienone is 2. The van der Waals surface area contributed by atoms with Crippen molar-refractivity contribution in [1.82, 2.24) is 0 Å². The summed E-state index contributed by atoms with van der Waals surface area (Å²) >= 11 is 0. The van der Waals surface area contributed by atoms with Crippen molar-refractivity contribution in [2.45, 2.75) is 6.42 Å². The molecule has 0 radical (unpaired) electrons. The fourth-order valence-electron chi connectivity index (χ4n) is 0.660. The first-order chi connectivity index (χ1) is 4.61. The summed E-state index contributed by atoms with van der Waals surface area (Å²) in [7, 11) is 0. The summed E-state index contributed by atoms with van der Waals surface area (Å²) in [4.78, 5) is 21.2. The SMILES string of the molecule is N=C1C=C(N)C(=O)CC1=O.O. The number of rotatable bonds is 0. The van der Waals surface area contributed by atoms with E-state index < -0.39 is 5.78 Å². The minimum atomic E-state index is -0.459. The molecule has 0 unspecified atom stereocenters. The second-order valence-corrected chi connectivity index (χ2v) is 2.04. The molecule has 0 atom stereocenters. The predicted octanol–water partition coefficient (Wildman–Crippen LogP) is -1.43. The van der Waals surface area contributed by atoms with Crippen LogP contribution in [-0.4, -0.2) is 22.8 Å². The summed E-state index contributed by atoms with van der Waals surface area (Å²) < 4.78 is 0. The molecule has 1 aliphatic rings. The quantitative estimate of drug-likeness (QED) is 0.418. The summed E-state index contributed by atoms with van der Waals surface area (Å²) in [5.74, 6) is -0.847. The molecule has 0 aromatic rings. The molecule has 5 N–H and O–H groups in total. The highest BCUT2D eigenvalue weighted by Crippen LogP contribution is 2.03. The third kappa shape index (κ3) is 1.71. The zero-order chi connectivity index (χ0) is 7.72. The standard InChI is InChI=1S/C6H6N2O2.H2O/c7-3-1-4(8)6(10)2-5(3)9;/h1,7H,2,8H2;1H2. The van der Waals surface area contributed by atoms with Crippen LogP contribution in [0.3, 0.4) is 0 Å². The van der Waals surface area contributed by atoms with E-state index in [4.69, 9.17) is 11.1 Å². The highest BCUT2D eigenvalue weighted by Gasteiger charge is 2.20. The molecule has 5 heteroatoms. The van der Waals surface area contributed by atoms with Gasteiger partial charge in [0.25, 0.3) is 0 Å². The molecule has 0 aliphatic heterocycles. The van der Waals surface area contributed by atoms with Crippen LogP contribution in [0.25, 0.3) is 0 Å². The molecule has 5 nitrogen and oxygen atoms in total. The third-order valence-corrected chi connectivity index (χ3v) is 1.24. The summed E-state index contributed by atoms with van der Waals surface area (Å²) in [5, 5.41) is 6.96. The van der Waals surface area contributed by atoms with Crippen LogP contribution >= 0.6 is 0 Å². The van der Waals surface area contributed by atoms with Crippen LogP contribution in [0.15, 0.2) is 11.8 Å². The maximum atomic E-state index is 10.6. The van der Waals surface area contributed by atoms with E-state index in [0.717, 1.165) is 6.08 Å². The van der Waals surface area contributed by atoms with Gasteiger partial charge in [-0.1, -0.05) is 0 Å². The fourth-order valence-corrected chi connectivity index (χ4v) is 0.660. The van der Waals surface area contributed by atoms with E-state index in [2.05, 4.69) is 0 Å². The van der Waals surface area contributed by atoms with Crippen LogP contribution in [-0.2, 0) is 9.59 Å². The lowest BCUT2D eigenvalue weighted by atomic mass is 10.0. The van der Waals surface area contributed by atoms with Gasteiger partial charge in [0.15, 0.2) is 11.6 Å². The monoisotopic (exact) mass is 156 g/mol. The van der Waals surface area contributed by atoms with Crippen LogP contribution in [0.4, 0.5) is 0 Å². The average Bonchev–Trinajstić information content (AvgIpc) is 1.84. The molecule has 0 fully saturated rings. The number of nitrogens with one attached hydrogen (secondary N) is 1. The summed E-state index contributed by atoms with van der Waals surface area (Å²) in [5.41, 5.74) is 4.97. The topological polar surface area (TPSA) is 116 Å². The number of hydrogen-bond acceptors (Lipinski definition) is 4. The normalized spacial score (nSPS) is 17.5. The second kappa shape index (κ2) is 3.07. The lowest BCUT2D eigenvalue weighted by Crippen LogP contribution is -2.26. The minimum absolute atomic E-state index is 0. The first-order valence-corrected chi connectivity index (χ1v) is 2.73. The highest BCUT2D eigenvalue weighted by molar-refractivity contribution is 6.49. The molecular formula is C6H8N2O3. The molecule has 0 bridgehead atoms. The van der Waals surface area contributed by atoms with Gasteiger partial charge >= 0.3 is 0 Å². The van der Waals surface area contributed by atoms with Crippen LogP contribution in [0.5, 0.6) is 0 Å². The Kier molecular flexibility index (Phi) is 2.65. The first kappa shape index (κ1) is 9.51. The van der Waals surface area contributed by atoms with Gasteiger partial charge in [-0.25, -0.2) is 0 Å². The number of Topliss-reactive ketones (excluding diaryl/α,β-unsaturated/α-hetero) is 2. The van der Waals surface area contributed by atoms with Crippen molar-refractivity contribution in [2.75, 3.05) is 0 Å². The van der Waals surface area contributed by atoms with Gasteiger partial charge < -0.3 is 11.2 Å². The lowest BCUT2D eigenvalue weighted by Gasteiger charge is -2.05. The van der Waals surface area contributed by atoms with Gasteiger partial charge in [-0.15, -0.1) is 0 Å². The van der Waals surface area contributed by atoms with Crippen LogP contribution in [0, 0.1) is 5.41 Å². The molecule has 0 aromatic heterocycles. The average molecular weight is 156 g/mol. The van der Waals surface area contributed by atoms with E-state index in [1.165, 1.54) is 0 Å².